The van der Waals surface area contributed by atoms with Crippen molar-refractivity contribution in [3.05, 3.63) is 97.8 Å². The zero-order valence-corrected chi connectivity index (χ0v) is 18.8. The number of nitro groups is 1. The molecular weight excluding hydrogens is 458 g/mol. The van der Waals surface area contributed by atoms with E-state index < -0.39 is 16.7 Å². The Morgan fingerprint density at radius 3 is 2.35 bits per heavy atom. The number of aryl methyl sites for hydroxylation is 2. The quantitative estimate of drug-likeness (QED) is 0.182. The van der Waals surface area contributed by atoms with Crippen molar-refractivity contribution in [2.24, 2.45) is 5.10 Å². The lowest BCUT2D eigenvalue weighted by atomic mass is 9.94. The second kappa shape index (κ2) is 7.89. The van der Waals surface area contributed by atoms with Gasteiger partial charge < -0.3 is 0 Å². The van der Waals surface area contributed by atoms with Gasteiger partial charge in [-0.3, -0.25) is 19.7 Å². The minimum Gasteiger partial charge on any atom is -0.267 e. The number of hydrogen-bond acceptors (Lipinski definition) is 6. The summed E-state index contributed by atoms with van der Waals surface area (Å²) in [5, 5.41) is 21.5. The topological polar surface area (TPSA) is 111 Å². The average Bonchev–Trinajstić information content (AvgIpc) is 3.10. The number of rotatable bonds is 4. The van der Waals surface area contributed by atoms with E-state index in [4.69, 9.17) is 11.6 Å². The zero-order valence-electron chi connectivity index (χ0n) is 18.0. The number of hydrogen-bond donors (Lipinski definition) is 0. The van der Waals surface area contributed by atoms with Gasteiger partial charge in [0.1, 0.15) is 5.15 Å². The van der Waals surface area contributed by atoms with Crippen LogP contribution in [0.5, 0.6) is 0 Å². The first kappa shape index (κ1) is 21.5. The van der Waals surface area contributed by atoms with Crippen molar-refractivity contribution in [3.8, 4) is 5.69 Å². The summed E-state index contributed by atoms with van der Waals surface area (Å²) < 4.78 is 1.55. The predicted molar refractivity (Wildman–Crippen MR) is 127 cm³/mol. The van der Waals surface area contributed by atoms with Gasteiger partial charge in [0, 0.05) is 11.5 Å². The van der Waals surface area contributed by atoms with E-state index in [-0.39, 0.29) is 32.7 Å². The molecule has 0 aliphatic carbocycles. The first-order chi connectivity index (χ1) is 16.3. The van der Waals surface area contributed by atoms with Crippen LogP contribution in [0.2, 0.25) is 5.15 Å². The molecule has 2 amide bonds. The number of carbonyl (C=O) groups is 2. The van der Waals surface area contributed by atoms with Crippen molar-refractivity contribution < 1.29 is 14.5 Å². The molecule has 0 N–H and O–H groups in total. The van der Waals surface area contributed by atoms with Gasteiger partial charge in [0.25, 0.3) is 17.5 Å². The lowest BCUT2D eigenvalue weighted by Gasteiger charge is -2.22. The monoisotopic (exact) mass is 473 g/mol. The van der Waals surface area contributed by atoms with Gasteiger partial charge >= 0.3 is 0 Å². The summed E-state index contributed by atoms with van der Waals surface area (Å²) in [4.78, 5) is 37.1. The Morgan fingerprint density at radius 1 is 1.00 bits per heavy atom. The highest BCUT2D eigenvalue weighted by Crippen LogP contribution is 2.35. The van der Waals surface area contributed by atoms with Crippen LogP contribution in [0.4, 0.5) is 5.69 Å². The van der Waals surface area contributed by atoms with Crippen molar-refractivity contribution in [3.63, 3.8) is 0 Å². The molecule has 0 spiro atoms. The SMILES string of the molecule is Cc1ccc(-n2nc(C)c(C=NN3C(=O)c4cccc5c([N+](=O)[O-])ccc(c45)C3=O)c2Cl)cc1. The summed E-state index contributed by atoms with van der Waals surface area (Å²) in [6.45, 7) is 3.72. The molecule has 0 saturated heterocycles. The smallest absolute Gasteiger partial charge is 0.267 e. The molecule has 9 nitrogen and oxygen atoms in total. The molecule has 5 rings (SSSR count). The maximum absolute atomic E-state index is 13.1. The summed E-state index contributed by atoms with van der Waals surface area (Å²) >= 11 is 6.54. The number of carbonyl (C=O) groups excluding carboxylic acids is 2. The van der Waals surface area contributed by atoms with Gasteiger partial charge in [0.05, 0.1) is 44.6 Å². The number of imide groups is 1. The predicted octanol–water partition coefficient (Wildman–Crippen LogP) is 4.83. The number of non-ortho nitro benzene ring substituents is 1. The molecule has 4 aromatic rings. The molecule has 0 bridgehead atoms. The van der Waals surface area contributed by atoms with E-state index in [1.54, 1.807) is 11.6 Å². The third-order valence-corrected chi connectivity index (χ3v) is 6.05. The molecule has 0 fully saturated rings. The van der Waals surface area contributed by atoms with Crippen LogP contribution in [0.15, 0.2) is 59.7 Å². The summed E-state index contributed by atoms with van der Waals surface area (Å²) in [7, 11) is 0. The van der Waals surface area contributed by atoms with Crippen LogP contribution in [0.3, 0.4) is 0 Å². The lowest BCUT2D eigenvalue weighted by molar-refractivity contribution is -0.383. The van der Waals surface area contributed by atoms with E-state index in [0.717, 1.165) is 16.3 Å². The summed E-state index contributed by atoms with van der Waals surface area (Å²) in [5.74, 6) is -1.36. The summed E-state index contributed by atoms with van der Waals surface area (Å²) in [6, 6.07) is 14.8. The number of nitrogens with zero attached hydrogens (tertiary/aromatic N) is 5. The largest absolute Gasteiger partial charge is 0.282 e. The van der Waals surface area contributed by atoms with E-state index in [1.165, 1.54) is 36.5 Å². The van der Waals surface area contributed by atoms with Crippen LogP contribution >= 0.6 is 11.6 Å². The molecule has 1 aromatic heterocycles. The molecule has 0 saturated carbocycles. The average molecular weight is 474 g/mol. The van der Waals surface area contributed by atoms with Crippen molar-refractivity contribution in [1.29, 1.82) is 0 Å². The van der Waals surface area contributed by atoms with Gasteiger partial charge in [-0.05, 0) is 44.2 Å². The Hall–Kier alpha value is -4.37. The molecule has 10 heteroatoms. The number of benzene rings is 3. The molecule has 0 unspecified atom stereocenters. The van der Waals surface area contributed by atoms with Crippen molar-refractivity contribution in [2.45, 2.75) is 13.8 Å². The Labute approximate surface area is 198 Å². The van der Waals surface area contributed by atoms with E-state index in [1.807, 2.05) is 31.2 Å². The highest BCUT2D eigenvalue weighted by molar-refractivity contribution is 6.32. The van der Waals surface area contributed by atoms with Gasteiger partial charge in [-0.15, -0.1) is 0 Å². The van der Waals surface area contributed by atoms with Gasteiger partial charge in [-0.25, -0.2) is 4.68 Å². The lowest BCUT2D eigenvalue weighted by Crippen LogP contribution is -2.36. The van der Waals surface area contributed by atoms with E-state index in [2.05, 4.69) is 10.2 Å². The zero-order chi connectivity index (χ0) is 24.1. The van der Waals surface area contributed by atoms with Crippen molar-refractivity contribution >= 4 is 46.1 Å². The summed E-state index contributed by atoms with van der Waals surface area (Å²) in [6.07, 6.45) is 1.32. The Bertz CT molecular complexity index is 1530. The highest BCUT2D eigenvalue weighted by Gasteiger charge is 2.34. The summed E-state index contributed by atoms with van der Waals surface area (Å²) in [5.41, 5.74) is 3.00. The first-order valence-electron chi connectivity index (χ1n) is 10.2. The normalized spacial score (nSPS) is 13.3. The first-order valence-corrected chi connectivity index (χ1v) is 10.6. The molecule has 1 aliphatic heterocycles. The van der Waals surface area contributed by atoms with E-state index >= 15 is 0 Å². The second-order valence-corrected chi connectivity index (χ2v) is 8.18. The molecule has 2 heterocycles. The van der Waals surface area contributed by atoms with Crippen molar-refractivity contribution in [1.82, 2.24) is 14.8 Å². The Morgan fingerprint density at radius 2 is 1.68 bits per heavy atom. The van der Waals surface area contributed by atoms with Gasteiger partial charge in [-0.2, -0.15) is 15.2 Å². The van der Waals surface area contributed by atoms with Crippen LogP contribution in [-0.4, -0.2) is 37.7 Å². The molecule has 34 heavy (non-hydrogen) atoms. The molecule has 168 valence electrons. The number of hydrazone groups is 1. The maximum atomic E-state index is 13.1. The number of amides is 2. The van der Waals surface area contributed by atoms with Crippen LogP contribution in [0, 0.1) is 24.0 Å². The van der Waals surface area contributed by atoms with E-state index in [0.29, 0.717) is 11.3 Å². The Kier molecular flexibility index (Phi) is 4.98. The molecule has 0 radical (unpaired) electrons. The minimum atomic E-state index is -0.681. The minimum absolute atomic E-state index is 0.158. The highest BCUT2D eigenvalue weighted by atomic mass is 35.5. The van der Waals surface area contributed by atoms with Gasteiger partial charge in [0.2, 0.25) is 0 Å². The van der Waals surface area contributed by atoms with Gasteiger partial charge in [0.15, 0.2) is 0 Å². The third kappa shape index (κ3) is 3.25. The molecular formula is C24H16ClN5O4. The van der Waals surface area contributed by atoms with Crippen LogP contribution in [0.1, 0.15) is 37.5 Å². The van der Waals surface area contributed by atoms with Gasteiger partial charge in [-0.1, -0.05) is 35.4 Å². The molecule has 0 atom stereocenters. The fourth-order valence-corrected chi connectivity index (χ4v) is 4.28. The number of nitro benzene ring substituents is 1. The fourth-order valence-electron chi connectivity index (χ4n) is 3.96. The second-order valence-electron chi connectivity index (χ2n) is 7.82. The van der Waals surface area contributed by atoms with Crippen molar-refractivity contribution in [2.75, 3.05) is 0 Å². The number of halogens is 1. The maximum Gasteiger partial charge on any atom is 0.282 e. The molecule has 1 aliphatic rings. The number of aromatic nitrogens is 2. The molecule has 3 aromatic carbocycles. The third-order valence-electron chi connectivity index (χ3n) is 5.69. The van der Waals surface area contributed by atoms with Crippen LogP contribution < -0.4 is 0 Å². The Balaban J connectivity index is 1.55. The van der Waals surface area contributed by atoms with E-state index in [9.17, 15) is 19.7 Å². The van der Waals surface area contributed by atoms with Crippen LogP contribution in [-0.2, 0) is 0 Å². The standard InChI is InChI=1S/C24H16ClN5O4/c1-13-6-8-15(9-7-13)28-22(25)19(14(2)27-28)12-26-29-23(31)17-5-3-4-16-20(30(33)34)11-10-18(21(16)17)24(29)32/h3-12H,1-2H3. The fraction of sp³-hybridized carbons (Fsp3) is 0.0833. The van der Waals surface area contributed by atoms with Crippen LogP contribution in [0.25, 0.3) is 16.5 Å².